The highest BCUT2D eigenvalue weighted by atomic mass is 16.6. The van der Waals surface area contributed by atoms with Gasteiger partial charge in [-0.15, -0.1) is 0 Å². The predicted octanol–water partition coefficient (Wildman–Crippen LogP) is -0.0899. The third-order valence-corrected chi connectivity index (χ3v) is 2.23. The first-order valence-corrected chi connectivity index (χ1v) is 6.74. The van der Waals surface area contributed by atoms with Gasteiger partial charge in [-0.1, -0.05) is 0 Å². The van der Waals surface area contributed by atoms with Gasteiger partial charge in [-0.3, -0.25) is 19.9 Å². The second-order valence-corrected chi connectivity index (χ2v) is 3.88. The van der Waals surface area contributed by atoms with Crippen LogP contribution >= 0.6 is 0 Å². The number of ether oxygens (including phenoxy) is 2. The molecule has 0 aromatic heterocycles. The number of hydroxylamine groups is 1. The number of carbonyl (C=O) groups excluding carboxylic acids is 2. The number of nitrogens with two attached hydrogens (primary N) is 1. The van der Waals surface area contributed by atoms with E-state index >= 15 is 0 Å². The Kier molecular flexibility index (Phi) is 10.9. The molecular weight excluding hydrogens is 280 g/mol. The lowest BCUT2D eigenvalue weighted by molar-refractivity contribution is -0.144. The van der Waals surface area contributed by atoms with E-state index in [0.717, 1.165) is 0 Å². The van der Waals surface area contributed by atoms with Gasteiger partial charge in [0.25, 0.3) is 0 Å². The van der Waals surface area contributed by atoms with E-state index in [9.17, 15) is 9.59 Å². The molecule has 4 N–H and O–H groups in total. The van der Waals surface area contributed by atoms with Crippen LogP contribution in [-0.4, -0.2) is 50.9 Å². The quantitative estimate of drug-likeness (QED) is 0.188. The average Bonchev–Trinajstić information content (AvgIpc) is 2.43. The molecule has 1 atom stereocenters. The highest BCUT2D eigenvalue weighted by molar-refractivity contribution is 5.93. The summed E-state index contributed by atoms with van der Waals surface area (Å²) in [7, 11) is 1.39. The fourth-order valence-corrected chi connectivity index (χ4v) is 1.33. The third kappa shape index (κ3) is 9.63. The van der Waals surface area contributed by atoms with Gasteiger partial charge in [0, 0.05) is 6.54 Å². The smallest absolute Gasteiger partial charge is 0.413 e. The van der Waals surface area contributed by atoms with E-state index in [1.54, 1.807) is 13.8 Å². The molecule has 0 spiro atoms. The van der Waals surface area contributed by atoms with Gasteiger partial charge < -0.3 is 15.2 Å². The van der Waals surface area contributed by atoms with E-state index in [2.05, 4.69) is 20.6 Å². The summed E-state index contributed by atoms with van der Waals surface area (Å²) in [6.45, 7) is 4.32. The summed E-state index contributed by atoms with van der Waals surface area (Å²) in [6, 6.07) is -0.669. The fourth-order valence-electron chi connectivity index (χ4n) is 1.33. The van der Waals surface area contributed by atoms with Crippen molar-refractivity contribution >= 4 is 18.0 Å². The first-order chi connectivity index (χ1) is 10.0. The van der Waals surface area contributed by atoms with Crippen molar-refractivity contribution in [3.63, 3.8) is 0 Å². The molecule has 0 bridgehead atoms. The van der Waals surface area contributed by atoms with Gasteiger partial charge >= 0.3 is 12.1 Å². The number of amides is 1. The molecule has 0 aliphatic carbocycles. The number of rotatable bonds is 8. The third-order valence-electron chi connectivity index (χ3n) is 2.23. The van der Waals surface area contributed by atoms with Crippen molar-refractivity contribution in [1.82, 2.24) is 10.8 Å². The highest BCUT2D eigenvalue weighted by Crippen LogP contribution is 1.98. The number of nitrogens with zero attached hydrogens (tertiary/aromatic N) is 1. The summed E-state index contributed by atoms with van der Waals surface area (Å²) < 4.78 is 9.51. The molecule has 0 radical (unpaired) electrons. The van der Waals surface area contributed by atoms with Crippen LogP contribution < -0.4 is 16.5 Å². The lowest BCUT2D eigenvalue weighted by Crippen LogP contribution is -2.41. The summed E-state index contributed by atoms with van der Waals surface area (Å²) in [5, 5.41) is 2.38. The monoisotopic (exact) mass is 304 g/mol. The molecule has 0 aliphatic rings. The minimum absolute atomic E-state index is 0.126. The van der Waals surface area contributed by atoms with E-state index in [0.29, 0.717) is 26.0 Å². The first-order valence-electron chi connectivity index (χ1n) is 6.74. The Balaban J connectivity index is 4.14. The molecule has 0 aliphatic heterocycles. The van der Waals surface area contributed by atoms with Gasteiger partial charge in [0.2, 0.25) is 5.96 Å². The minimum Gasteiger partial charge on any atom is -0.465 e. The van der Waals surface area contributed by atoms with Crippen LogP contribution in [0, 0.1) is 0 Å². The molecule has 0 aromatic rings. The van der Waals surface area contributed by atoms with Crippen molar-refractivity contribution < 1.29 is 23.9 Å². The maximum atomic E-state index is 11.3. The second-order valence-electron chi connectivity index (χ2n) is 3.88. The van der Waals surface area contributed by atoms with Crippen LogP contribution in [-0.2, 0) is 19.1 Å². The van der Waals surface area contributed by atoms with Gasteiger partial charge in [-0.25, -0.2) is 10.3 Å². The Morgan fingerprint density at radius 3 is 2.48 bits per heavy atom. The number of carbonyl (C=O) groups is 2. The molecule has 0 heterocycles. The topological polar surface area (TPSA) is 124 Å². The van der Waals surface area contributed by atoms with Crippen LogP contribution in [0.15, 0.2) is 4.99 Å². The Morgan fingerprint density at radius 2 is 1.90 bits per heavy atom. The number of hydrogen-bond donors (Lipinski definition) is 3. The van der Waals surface area contributed by atoms with Crippen LogP contribution in [0.3, 0.4) is 0 Å². The van der Waals surface area contributed by atoms with Gasteiger partial charge in [0.1, 0.15) is 6.04 Å². The fraction of sp³-hybridized carbons (Fsp3) is 0.750. The minimum atomic E-state index is -0.669. The molecular formula is C12H24N4O5. The summed E-state index contributed by atoms with van der Waals surface area (Å²) >= 11 is 0. The highest BCUT2D eigenvalue weighted by Gasteiger charge is 2.13. The molecule has 0 rings (SSSR count). The van der Waals surface area contributed by atoms with Crippen molar-refractivity contribution in [3.05, 3.63) is 0 Å². The molecule has 0 unspecified atom stereocenters. The SMILES string of the molecule is CCOC(=O)NC(=NCCC[C@H](N)C(=O)OCC)NOC. The number of guanidine groups is 1. The Hall–Kier alpha value is -1.87. The maximum absolute atomic E-state index is 11.3. The van der Waals surface area contributed by atoms with Gasteiger partial charge in [0.15, 0.2) is 0 Å². The largest absolute Gasteiger partial charge is 0.465 e. The standard InChI is InChI=1S/C12H24N4O5/c1-4-20-10(17)9(13)7-6-8-14-11(16-19-3)15-12(18)21-5-2/h9H,4-8,13H2,1-3H3,(H2,14,15,16,18)/t9-/m0/s1. The molecule has 0 saturated carbocycles. The molecule has 9 heteroatoms. The second kappa shape index (κ2) is 11.9. The zero-order chi connectivity index (χ0) is 16.1. The normalized spacial score (nSPS) is 12.5. The summed E-state index contributed by atoms with van der Waals surface area (Å²) in [5.74, 6) is -0.304. The number of nitrogens with one attached hydrogen (secondary N) is 2. The molecule has 122 valence electrons. The van der Waals surface area contributed by atoms with E-state index in [4.69, 9.17) is 15.2 Å². The average molecular weight is 304 g/mol. The van der Waals surface area contributed by atoms with E-state index < -0.39 is 18.1 Å². The molecule has 0 saturated heterocycles. The Labute approximate surface area is 124 Å². The van der Waals surface area contributed by atoms with Crippen LogP contribution in [0.2, 0.25) is 0 Å². The molecule has 9 nitrogen and oxygen atoms in total. The van der Waals surface area contributed by atoms with Crippen molar-refractivity contribution in [2.45, 2.75) is 32.7 Å². The van der Waals surface area contributed by atoms with Crippen molar-refractivity contribution in [2.24, 2.45) is 10.7 Å². The van der Waals surface area contributed by atoms with Crippen LogP contribution in [0.25, 0.3) is 0 Å². The lowest BCUT2D eigenvalue weighted by Gasteiger charge is -2.11. The lowest BCUT2D eigenvalue weighted by atomic mass is 10.2. The van der Waals surface area contributed by atoms with Crippen LogP contribution in [0.5, 0.6) is 0 Å². The number of esters is 1. The number of aliphatic imine (C=N–C) groups is 1. The van der Waals surface area contributed by atoms with Gasteiger partial charge in [0.05, 0.1) is 20.3 Å². The van der Waals surface area contributed by atoms with Gasteiger partial charge in [-0.05, 0) is 26.7 Å². The van der Waals surface area contributed by atoms with Crippen molar-refractivity contribution in [3.8, 4) is 0 Å². The van der Waals surface area contributed by atoms with E-state index in [1.165, 1.54) is 7.11 Å². The first kappa shape index (κ1) is 19.1. The molecule has 21 heavy (non-hydrogen) atoms. The summed E-state index contributed by atoms with van der Waals surface area (Å²) in [4.78, 5) is 31.3. The predicted molar refractivity (Wildman–Crippen MR) is 76.4 cm³/mol. The Bertz CT molecular complexity index is 349. The molecule has 0 fully saturated rings. The zero-order valence-corrected chi connectivity index (χ0v) is 12.7. The maximum Gasteiger partial charge on any atom is 0.413 e. The number of hydrogen-bond acceptors (Lipinski definition) is 7. The van der Waals surface area contributed by atoms with E-state index in [1.807, 2.05) is 0 Å². The Morgan fingerprint density at radius 1 is 1.24 bits per heavy atom. The molecule has 0 aromatic carbocycles. The van der Waals surface area contributed by atoms with Crippen molar-refractivity contribution in [1.29, 1.82) is 0 Å². The van der Waals surface area contributed by atoms with Crippen LogP contribution in [0.1, 0.15) is 26.7 Å². The summed E-state index contributed by atoms with van der Waals surface area (Å²) in [6.07, 6.45) is 0.352. The van der Waals surface area contributed by atoms with Crippen molar-refractivity contribution in [2.75, 3.05) is 26.9 Å². The molecule has 1 amide bonds. The number of alkyl carbamates (subject to hydrolysis) is 1. The van der Waals surface area contributed by atoms with Crippen LogP contribution in [0.4, 0.5) is 4.79 Å². The zero-order valence-electron chi connectivity index (χ0n) is 12.7. The van der Waals surface area contributed by atoms with E-state index in [-0.39, 0.29) is 12.6 Å². The summed E-state index contributed by atoms with van der Waals surface area (Å²) in [5.41, 5.74) is 8.06. The van der Waals surface area contributed by atoms with Gasteiger partial charge in [-0.2, -0.15) is 0 Å².